The van der Waals surface area contributed by atoms with Crippen LogP contribution in [-0.4, -0.2) is 19.1 Å². The number of para-hydroxylation sites is 1. The Morgan fingerprint density at radius 1 is 1.39 bits per heavy atom. The molecule has 0 heterocycles. The second kappa shape index (κ2) is 5.70. The summed E-state index contributed by atoms with van der Waals surface area (Å²) in [5.41, 5.74) is 7.43. The van der Waals surface area contributed by atoms with Gasteiger partial charge in [-0.2, -0.15) is 0 Å². The van der Waals surface area contributed by atoms with Crippen LogP contribution >= 0.6 is 0 Å². The predicted octanol–water partition coefficient (Wildman–Crippen LogP) is 2.95. The van der Waals surface area contributed by atoms with E-state index in [4.69, 9.17) is 5.73 Å². The average Bonchev–Trinajstić information content (AvgIpc) is 3.11. The van der Waals surface area contributed by atoms with E-state index < -0.39 is 0 Å². The molecular formula is C15H23FN2. The Morgan fingerprint density at radius 2 is 2.11 bits per heavy atom. The first-order chi connectivity index (χ1) is 8.63. The maximum atomic E-state index is 14.2. The van der Waals surface area contributed by atoms with Gasteiger partial charge in [-0.1, -0.05) is 12.1 Å². The maximum absolute atomic E-state index is 14.2. The van der Waals surface area contributed by atoms with Gasteiger partial charge in [0.2, 0.25) is 0 Å². The molecule has 0 aromatic heterocycles. The van der Waals surface area contributed by atoms with Crippen LogP contribution in [0, 0.1) is 11.7 Å². The van der Waals surface area contributed by atoms with Crippen LogP contribution in [-0.2, 0) is 6.42 Å². The lowest BCUT2D eigenvalue weighted by Gasteiger charge is -2.31. The molecule has 0 atom stereocenters. The van der Waals surface area contributed by atoms with Gasteiger partial charge in [-0.3, -0.25) is 0 Å². The van der Waals surface area contributed by atoms with Crippen molar-refractivity contribution in [1.29, 1.82) is 0 Å². The van der Waals surface area contributed by atoms with Crippen LogP contribution in [0.4, 0.5) is 10.1 Å². The molecule has 1 saturated carbocycles. The maximum Gasteiger partial charge on any atom is 0.146 e. The molecule has 2 nitrogen and oxygen atoms in total. The van der Waals surface area contributed by atoms with Crippen molar-refractivity contribution in [2.45, 2.75) is 39.2 Å². The average molecular weight is 250 g/mol. The van der Waals surface area contributed by atoms with Crippen molar-refractivity contribution in [2.75, 3.05) is 18.0 Å². The number of nitrogens with zero attached hydrogens (tertiary/aromatic N) is 1. The standard InChI is InChI=1S/C15H23FN2/c1-11(2)18(10-12-6-7-12)15-13(8-9-17)4-3-5-14(15)16/h3-5,11-12H,6-10,17H2,1-2H3. The number of benzene rings is 1. The van der Waals surface area contributed by atoms with Crippen LogP contribution in [0.15, 0.2) is 18.2 Å². The highest BCUT2D eigenvalue weighted by molar-refractivity contribution is 5.56. The molecule has 0 saturated heterocycles. The summed E-state index contributed by atoms with van der Waals surface area (Å²) in [4.78, 5) is 2.21. The van der Waals surface area contributed by atoms with Gasteiger partial charge < -0.3 is 10.6 Å². The first-order valence-corrected chi connectivity index (χ1v) is 6.87. The molecule has 0 bridgehead atoms. The topological polar surface area (TPSA) is 29.3 Å². The van der Waals surface area contributed by atoms with Crippen molar-refractivity contribution in [1.82, 2.24) is 0 Å². The number of hydrogen-bond acceptors (Lipinski definition) is 2. The molecule has 1 aromatic carbocycles. The van der Waals surface area contributed by atoms with Crippen molar-refractivity contribution >= 4 is 5.69 Å². The first-order valence-electron chi connectivity index (χ1n) is 6.87. The summed E-state index contributed by atoms with van der Waals surface area (Å²) in [6.45, 7) is 5.78. The van der Waals surface area contributed by atoms with Gasteiger partial charge >= 0.3 is 0 Å². The van der Waals surface area contributed by atoms with Crippen LogP contribution in [0.3, 0.4) is 0 Å². The van der Waals surface area contributed by atoms with Crippen molar-refractivity contribution in [3.8, 4) is 0 Å². The van der Waals surface area contributed by atoms with E-state index in [0.717, 1.165) is 30.1 Å². The zero-order valence-electron chi connectivity index (χ0n) is 11.3. The van der Waals surface area contributed by atoms with Gasteiger partial charge in [-0.25, -0.2) is 4.39 Å². The Bertz CT molecular complexity index is 399. The Kier molecular flexibility index (Phi) is 4.23. The smallest absolute Gasteiger partial charge is 0.146 e. The monoisotopic (exact) mass is 250 g/mol. The van der Waals surface area contributed by atoms with Gasteiger partial charge in [0.25, 0.3) is 0 Å². The Balaban J connectivity index is 2.31. The third-order valence-electron chi connectivity index (χ3n) is 3.55. The normalized spacial score (nSPS) is 15.2. The van der Waals surface area contributed by atoms with Gasteiger partial charge in [0.05, 0.1) is 5.69 Å². The van der Waals surface area contributed by atoms with Gasteiger partial charge in [-0.15, -0.1) is 0 Å². The van der Waals surface area contributed by atoms with Gasteiger partial charge in [0, 0.05) is 12.6 Å². The lowest BCUT2D eigenvalue weighted by atomic mass is 10.1. The molecule has 0 spiro atoms. The summed E-state index contributed by atoms with van der Waals surface area (Å²) in [6.07, 6.45) is 3.30. The lowest BCUT2D eigenvalue weighted by Crippen LogP contribution is -2.34. The highest BCUT2D eigenvalue weighted by Gasteiger charge is 2.27. The van der Waals surface area contributed by atoms with E-state index in [9.17, 15) is 4.39 Å². The van der Waals surface area contributed by atoms with Crippen LogP contribution in [0.2, 0.25) is 0 Å². The summed E-state index contributed by atoms with van der Waals surface area (Å²) < 4.78 is 14.2. The fraction of sp³-hybridized carbons (Fsp3) is 0.600. The van der Waals surface area contributed by atoms with Crippen molar-refractivity contribution in [2.24, 2.45) is 11.7 Å². The van der Waals surface area contributed by atoms with E-state index >= 15 is 0 Å². The molecule has 1 aromatic rings. The summed E-state index contributed by atoms with van der Waals surface area (Å²) >= 11 is 0. The van der Waals surface area contributed by atoms with Gasteiger partial charge in [0.1, 0.15) is 5.82 Å². The first kappa shape index (κ1) is 13.3. The Morgan fingerprint density at radius 3 is 2.67 bits per heavy atom. The zero-order valence-corrected chi connectivity index (χ0v) is 11.3. The molecule has 0 aliphatic heterocycles. The number of rotatable bonds is 6. The summed E-state index contributed by atoms with van der Waals surface area (Å²) in [7, 11) is 0. The zero-order chi connectivity index (χ0) is 13.1. The van der Waals surface area contributed by atoms with E-state index in [1.807, 2.05) is 6.07 Å². The number of halogens is 1. The van der Waals surface area contributed by atoms with Gasteiger partial charge in [-0.05, 0) is 57.2 Å². The number of anilines is 1. The third kappa shape index (κ3) is 3.02. The molecule has 0 radical (unpaired) electrons. The molecule has 1 aliphatic rings. The predicted molar refractivity (Wildman–Crippen MR) is 74.4 cm³/mol. The van der Waals surface area contributed by atoms with Crippen LogP contribution in [0.5, 0.6) is 0 Å². The second-order valence-corrected chi connectivity index (χ2v) is 5.48. The Hall–Kier alpha value is -1.09. The second-order valence-electron chi connectivity index (χ2n) is 5.48. The summed E-state index contributed by atoms with van der Waals surface area (Å²) in [5, 5.41) is 0. The molecule has 2 rings (SSSR count). The van der Waals surface area contributed by atoms with Crippen molar-refractivity contribution in [3.63, 3.8) is 0 Å². The Labute approximate surface area is 109 Å². The molecular weight excluding hydrogens is 227 g/mol. The molecule has 18 heavy (non-hydrogen) atoms. The van der Waals surface area contributed by atoms with E-state index in [1.54, 1.807) is 12.1 Å². The quantitative estimate of drug-likeness (QED) is 0.841. The molecule has 2 N–H and O–H groups in total. The van der Waals surface area contributed by atoms with E-state index in [2.05, 4.69) is 18.7 Å². The van der Waals surface area contributed by atoms with E-state index in [0.29, 0.717) is 12.6 Å². The molecule has 1 aliphatic carbocycles. The minimum absolute atomic E-state index is 0.115. The molecule has 0 amide bonds. The lowest BCUT2D eigenvalue weighted by molar-refractivity contribution is 0.584. The summed E-state index contributed by atoms with van der Waals surface area (Å²) in [6, 6.07) is 5.64. The third-order valence-corrected chi connectivity index (χ3v) is 3.55. The highest BCUT2D eigenvalue weighted by Crippen LogP contribution is 2.34. The molecule has 3 heteroatoms. The summed E-state index contributed by atoms with van der Waals surface area (Å²) in [5.74, 6) is 0.632. The van der Waals surface area contributed by atoms with Crippen LogP contribution < -0.4 is 10.6 Å². The van der Waals surface area contributed by atoms with Gasteiger partial charge in [0.15, 0.2) is 0 Å². The molecule has 0 unspecified atom stereocenters. The SMILES string of the molecule is CC(C)N(CC1CC1)c1c(F)cccc1CCN. The minimum atomic E-state index is -0.115. The largest absolute Gasteiger partial charge is 0.366 e. The van der Waals surface area contributed by atoms with E-state index in [-0.39, 0.29) is 5.82 Å². The van der Waals surface area contributed by atoms with Crippen molar-refractivity contribution in [3.05, 3.63) is 29.6 Å². The molecule has 100 valence electrons. The van der Waals surface area contributed by atoms with Crippen LogP contribution in [0.1, 0.15) is 32.3 Å². The highest BCUT2D eigenvalue weighted by atomic mass is 19.1. The molecule has 1 fully saturated rings. The van der Waals surface area contributed by atoms with E-state index in [1.165, 1.54) is 12.8 Å². The fourth-order valence-electron chi connectivity index (χ4n) is 2.38. The fourth-order valence-corrected chi connectivity index (χ4v) is 2.38. The number of hydrogen-bond donors (Lipinski definition) is 1. The van der Waals surface area contributed by atoms with Crippen molar-refractivity contribution < 1.29 is 4.39 Å². The van der Waals surface area contributed by atoms with Crippen LogP contribution in [0.25, 0.3) is 0 Å². The minimum Gasteiger partial charge on any atom is -0.366 e. The number of nitrogens with two attached hydrogens (primary N) is 1.